The summed E-state index contributed by atoms with van der Waals surface area (Å²) in [4.78, 5) is 15.8. The van der Waals surface area contributed by atoms with Crippen LogP contribution in [0.5, 0.6) is 0 Å². The molecule has 0 spiro atoms. The lowest BCUT2D eigenvalue weighted by Gasteiger charge is -2.34. The van der Waals surface area contributed by atoms with Crippen molar-refractivity contribution in [3.63, 3.8) is 0 Å². The van der Waals surface area contributed by atoms with E-state index < -0.39 is 0 Å². The number of carbonyl (C=O) groups excluding carboxylic acids is 1. The summed E-state index contributed by atoms with van der Waals surface area (Å²) in [5.74, 6) is 0.228. The number of hydrogen-bond acceptors (Lipinski definition) is 3. The molecule has 4 heteroatoms. The highest BCUT2D eigenvalue weighted by molar-refractivity contribution is 5.73. The molecule has 2 aliphatic heterocycles. The maximum Gasteiger partial charge on any atom is 0.219 e. The number of carbonyl (C=O) groups is 1. The third-order valence-electron chi connectivity index (χ3n) is 4.68. The molecule has 0 bridgehead atoms. The average Bonchev–Trinajstić information content (AvgIpc) is 2.64. The fraction of sp³-hybridized carbons (Fsp3) is 0.933. The van der Waals surface area contributed by atoms with Crippen molar-refractivity contribution in [2.75, 3.05) is 32.7 Å². The van der Waals surface area contributed by atoms with E-state index in [1.165, 1.54) is 38.9 Å². The van der Waals surface area contributed by atoms with Crippen molar-refractivity contribution in [3.05, 3.63) is 0 Å². The molecule has 1 atom stereocenters. The quantitative estimate of drug-likeness (QED) is 0.841. The highest BCUT2D eigenvalue weighted by atomic mass is 16.2. The summed E-state index contributed by atoms with van der Waals surface area (Å²) in [6.45, 7) is 9.48. The molecule has 2 fully saturated rings. The van der Waals surface area contributed by atoms with Gasteiger partial charge in [-0.15, -0.1) is 0 Å². The van der Waals surface area contributed by atoms with Crippen LogP contribution in [0.3, 0.4) is 0 Å². The van der Waals surface area contributed by atoms with Crippen LogP contribution in [0.25, 0.3) is 0 Å². The summed E-state index contributed by atoms with van der Waals surface area (Å²) in [6, 6.07) is 1.30. The average molecular weight is 267 g/mol. The smallest absolute Gasteiger partial charge is 0.219 e. The first-order chi connectivity index (χ1) is 9.19. The number of piperidine rings is 1. The third-order valence-corrected chi connectivity index (χ3v) is 4.68. The topological polar surface area (TPSA) is 35.6 Å². The minimum Gasteiger partial charge on any atom is -0.343 e. The van der Waals surface area contributed by atoms with Crippen molar-refractivity contribution >= 4 is 5.91 Å². The number of rotatable bonds is 3. The summed E-state index contributed by atoms with van der Waals surface area (Å²) in [5, 5.41) is 3.84. The Morgan fingerprint density at radius 2 is 1.68 bits per heavy atom. The monoisotopic (exact) mass is 267 g/mol. The molecule has 0 aliphatic carbocycles. The van der Waals surface area contributed by atoms with Gasteiger partial charge in [-0.3, -0.25) is 4.79 Å². The molecule has 1 unspecified atom stereocenters. The lowest BCUT2D eigenvalue weighted by Crippen LogP contribution is -2.47. The fourth-order valence-corrected chi connectivity index (χ4v) is 3.33. The van der Waals surface area contributed by atoms with Crippen molar-refractivity contribution in [2.24, 2.45) is 0 Å². The second-order valence-electron chi connectivity index (χ2n) is 6.01. The largest absolute Gasteiger partial charge is 0.343 e. The van der Waals surface area contributed by atoms with Crippen molar-refractivity contribution < 1.29 is 4.79 Å². The summed E-state index contributed by atoms with van der Waals surface area (Å²) in [6.07, 6.45) is 6.14. The molecule has 0 radical (unpaired) electrons. The number of amides is 1. The van der Waals surface area contributed by atoms with Crippen LogP contribution in [0.4, 0.5) is 0 Å². The molecule has 2 aliphatic rings. The Morgan fingerprint density at radius 3 is 2.32 bits per heavy atom. The number of nitrogens with zero attached hydrogens (tertiary/aromatic N) is 2. The van der Waals surface area contributed by atoms with Crippen LogP contribution in [-0.2, 0) is 4.79 Å². The number of hydrogen-bond donors (Lipinski definition) is 1. The molecule has 1 N–H and O–H groups in total. The molecule has 0 aromatic carbocycles. The Morgan fingerprint density at radius 1 is 1.05 bits per heavy atom. The predicted octanol–water partition coefficient (Wildman–Crippen LogP) is 1.46. The van der Waals surface area contributed by atoms with E-state index in [9.17, 15) is 4.79 Å². The van der Waals surface area contributed by atoms with Gasteiger partial charge in [0.05, 0.1) is 0 Å². The molecule has 2 heterocycles. The van der Waals surface area contributed by atoms with Gasteiger partial charge in [0.25, 0.3) is 0 Å². The van der Waals surface area contributed by atoms with Crippen molar-refractivity contribution in [3.8, 4) is 0 Å². The van der Waals surface area contributed by atoms with Crippen LogP contribution in [-0.4, -0.2) is 60.5 Å². The maximum absolute atomic E-state index is 11.3. The van der Waals surface area contributed by atoms with E-state index >= 15 is 0 Å². The van der Waals surface area contributed by atoms with Crippen LogP contribution < -0.4 is 5.32 Å². The molecule has 0 aromatic rings. The summed E-state index contributed by atoms with van der Waals surface area (Å²) < 4.78 is 0. The van der Waals surface area contributed by atoms with E-state index in [4.69, 9.17) is 0 Å². The molecular weight excluding hydrogens is 238 g/mol. The van der Waals surface area contributed by atoms with Gasteiger partial charge in [-0.2, -0.15) is 0 Å². The van der Waals surface area contributed by atoms with Crippen molar-refractivity contribution in [2.45, 2.75) is 58.0 Å². The van der Waals surface area contributed by atoms with Gasteiger partial charge in [0.2, 0.25) is 5.91 Å². The van der Waals surface area contributed by atoms with Gasteiger partial charge in [0.15, 0.2) is 0 Å². The van der Waals surface area contributed by atoms with Gasteiger partial charge >= 0.3 is 0 Å². The maximum atomic E-state index is 11.3. The second-order valence-corrected chi connectivity index (χ2v) is 6.01. The Balaban J connectivity index is 1.72. The zero-order valence-electron chi connectivity index (χ0n) is 12.5. The van der Waals surface area contributed by atoms with E-state index in [0.717, 1.165) is 25.9 Å². The van der Waals surface area contributed by atoms with Gasteiger partial charge in [0.1, 0.15) is 0 Å². The summed E-state index contributed by atoms with van der Waals surface area (Å²) in [5.41, 5.74) is 0. The molecule has 2 rings (SSSR count). The number of nitrogens with one attached hydrogen (secondary N) is 1. The predicted molar refractivity (Wildman–Crippen MR) is 78.2 cm³/mol. The van der Waals surface area contributed by atoms with Crippen LogP contribution in [0.2, 0.25) is 0 Å². The SMILES string of the molecule is CCN1CCCC(NC2CCN(C(C)=O)CC2)CC1. The van der Waals surface area contributed by atoms with Crippen molar-refractivity contribution in [1.82, 2.24) is 15.1 Å². The molecule has 0 saturated carbocycles. The Bertz CT molecular complexity index is 287. The molecule has 2 saturated heterocycles. The van der Waals surface area contributed by atoms with E-state index in [0.29, 0.717) is 12.1 Å². The minimum atomic E-state index is 0.228. The first-order valence-electron chi connectivity index (χ1n) is 7.93. The zero-order chi connectivity index (χ0) is 13.7. The van der Waals surface area contributed by atoms with Gasteiger partial charge in [-0.05, 0) is 51.7 Å². The van der Waals surface area contributed by atoms with Crippen LogP contribution in [0, 0.1) is 0 Å². The lowest BCUT2D eigenvalue weighted by molar-refractivity contribution is -0.129. The van der Waals surface area contributed by atoms with Crippen LogP contribution in [0.1, 0.15) is 46.0 Å². The molecule has 0 aromatic heterocycles. The Labute approximate surface area is 117 Å². The molecular formula is C15H29N3O. The van der Waals surface area contributed by atoms with Gasteiger partial charge in [0, 0.05) is 32.1 Å². The Kier molecular flexibility index (Phi) is 5.64. The van der Waals surface area contributed by atoms with E-state index in [1.807, 2.05) is 4.90 Å². The van der Waals surface area contributed by atoms with E-state index in [-0.39, 0.29) is 5.91 Å². The highest BCUT2D eigenvalue weighted by Gasteiger charge is 2.24. The Hall–Kier alpha value is -0.610. The van der Waals surface area contributed by atoms with Gasteiger partial charge < -0.3 is 15.1 Å². The van der Waals surface area contributed by atoms with Gasteiger partial charge in [-0.1, -0.05) is 6.92 Å². The first-order valence-corrected chi connectivity index (χ1v) is 7.93. The molecule has 1 amide bonds. The van der Waals surface area contributed by atoms with Crippen molar-refractivity contribution in [1.29, 1.82) is 0 Å². The fourth-order valence-electron chi connectivity index (χ4n) is 3.33. The third kappa shape index (κ3) is 4.46. The second kappa shape index (κ2) is 7.25. The standard InChI is InChI=1S/C15H29N3O/c1-3-17-9-4-5-14(6-10-17)16-15-7-11-18(12-8-15)13(2)19/h14-16H,3-12H2,1-2H3. The lowest BCUT2D eigenvalue weighted by atomic mass is 10.0. The summed E-state index contributed by atoms with van der Waals surface area (Å²) in [7, 11) is 0. The van der Waals surface area contributed by atoms with E-state index in [1.54, 1.807) is 6.92 Å². The first kappa shape index (κ1) is 14.8. The van der Waals surface area contributed by atoms with Crippen LogP contribution >= 0.6 is 0 Å². The van der Waals surface area contributed by atoms with Crippen LogP contribution in [0.15, 0.2) is 0 Å². The molecule has 4 nitrogen and oxygen atoms in total. The molecule has 19 heavy (non-hydrogen) atoms. The zero-order valence-corrected chi connectivity index (χ0v) is 12.5. The highest BCUT2D eigenvalue weighted by Crippen LogP contribution is 2.16. The van der Waals surface area contributed by atoms with E-state index in [2.05, 4.69) is 17.1 Å². The minimum absolute atomic E-state index is 0.228. The normalized spacial score (nSPS) is 27.3. The number of likely N-dealkylation sites (tertiary alicyclic amines) is 2. The van der Waals surface area contributed by atoms with Gasteiger partial charge in [-0.25, -0.2) is 0 Å². The molecule has 110 valence electrons. The summed E-state index contributed by atoms with van der Waals surface area (Å²) >= 11 is 0.